The van der Waals surface area contributed by atoms with E-state index in [1.165, 1.54) is 34.6 Å². The Morgan fingerprint density at radius 3 is 2.41 bits per heavy atom. The molecule has 0 unspecified atom stereocenters. The third-order valence-electron chi connectivity index (χ3n) is 5.15. The van der Waals surface area contributed by atoms with Crippen LogP contribution < -0.4 is 10.3 Å². The van der Waals surface area contributed by atoms with Gasteiger partial charge in [0.05, 0.1) is 21.8 Å². The molecule has 0 aromatic carbocycles. The average molecular weight is 439 g/mol. The first-order valence-corrected chi connectivity index (χ1v) is 12.3. The molecule has 2 N–H and O–H groups in total. The molecule has 1 aliphatic carbocycles. The summed E-state index contributed by atoms with van der Waals surface area (Å²) in [6.45, 7) is 9.26. The molecule has 2 heterocycles. The van der Waals surface area contributed by atoms with Crippen molar-refractivity contribution in [2.45, 2.75) is 83.6 Å². The minimum atomic E-state index is -3.94. The highest BCUT2D eigenvalue weighted by molar-refractivity contribution is 7.89. The monoisotopic (exact) mass is 438 g/mol. The van der Waals surface area contributed by atoms with E-state index < -0.39 is 15.9 Å². The van der Waals surface area contributed by atoms with Crippen LogP contribution >= 0.6 is 11.3 Å². The van der Waals surface area contributed by atoms with E-state index in [1.807, 2.05) is 26.8 Å². The minimum Gasteiger partial charge on any atom is -0.273 e. The smallest absolute Gasteiger partial charge is 0.273 e. The van der Waals surface area contributed by atoms with Crippen LogP contribution in [0.25, 0.3) is 0 Å². The lowest BCUT2D eigenvalue weighted by molar-refractivity contribution is 0.0949. The van der Waals surface area contributed by atoms with Gasteiger partial charge in [-0.05, 0) is 71.9 Å². The first-order valence-electron chi connectivity index (χ1n) is 10.0. The highest BCUT2D eigenvalue weighted by Gasteiger charge is 2.29. The normalized spacial score (nSPS) is 15.5. The largest absolute Gasteiger partial charge is 0.276 e. The van der Waals surface area contributed by atoms with E-state index in [0.29, 0.717) is 16.3 Å². The lowest BCUT2D eigenvalue weighted by Crippen LogP contribution is -2.41. The third kappa shape index (κ3) is 4.73. The Morgan fingerprint density at radius 1 is 1.14 bits per heavy atom. The Balaban J connectivity index is 1.77. The van der Waals surface area contributed by atoms with Gasteiger partial charge in [-0.25, -0.2) is 8.42 Å². The predicted octanol–water partition coefficient (Wildman–Crippen LogP) is 3.60. The fourth-order valence-electron chi connectivity index (χ4n) is 3.85. The number of hydrazine groups is 1. The zero-order valence-corrected chi connectivity index (χ0v) is 19.4. The zero-order valence-electron chi connectivity index (χ0n) is 17.8. The number of nitrogens with zero attached hydrogens (tertiary/aromatic N) is 2. The molecule has 7 nitrogen and oxygen atoms in total. The van der Waals surface area contributed by atoms with Crippen LogP contribution in [0, 0.1) is 13.8 Å². The lowest BCUT2D eigenvalue weighted by atomic mass is 10.00. The molecule has 9 heteroatoms. The van der Waals surface area contributed by atoms with Crippen molar-refractivity contribution in [2.75, 3.05) is 0 Å². The number of aromatic nitrogens is 2. The molecule has 1 amide bonds. The second-order valence-electron chi connectivity index (χ2n) is 8.62. The van der Waals surface area contributed by atoms with Crippen LogP contribution in [-0.4, -0.2) is 24.1 Å². The van der Waals surface area contributed by atoms with Crippen LogP contribution in [0.1, 0.15) is 78.0 Å². The summed E-state index contributed by atoms with van der Waals surface area (Å²) in [5.74, 6) is -0.427. The van der Waals surface area contributed by atoms with Crippen molar-refractivity contribution in [3.8, 4) is 0 Å². The van der Waals surface area contributed by atoms with E-state index in [4.69, 9.17) is 0 Å². The minimum absolute atomic E-state index is 0.103. The Hall–Kier alpha value is -1.71. The molecule has 0 radical (unpaired) electrons. The topological polar surface area (TPSA) is 93.1 Å². The maximum Gasteiger partial charge on any atom is 0.276 e. The molecule has 1 aliphatic rings. The molecule has 0 saturated carbocycles. The van der Waals surface area contributed by atoms with Gasteiger partial charge in [-0.15, -0.1) is 16.2 Å². The van der Waals surface area contributed by atoms with Gasteiger partial charge in [0.2, 0.25) is 0 Å². The van der Waals surface area contributed by atoms with Crippen LogP contribution in [0.15, 0.2) is 11.0 Å². The summed E-state index contributed by atoms with van der Waals surface area (Å²) in [5.41, 5.74) is 4.19. The second-order valence-corrected chi connectivity index (χ2v) is 11.4. The molecule has 2 aromatic heterocycles. The third-order valence-corrected chi connectivity index (χ3v) is 7.88. The van der Waals surface area contributed by atoms with Gasteiger partial charge in [0, 0.05) is 4.88 Å². The standard InChI is InChI=1S/C20H30N4O3S2/c1-13-18(14(2)24(22-13)20(3,4)5)29(26,27)23-21-19(25)17-12-15-10-8-6-7-9-11-16(15)28-17/h12,23H,6-11H2,1-5H3,(H,21,25). The van der Waals surface area contributed by atoms with Crippen molar-refractivity contribution in [3.05, 3.63) is 32.8 Å². The van der Waals surface area contributed by atoms with E-state index in [1.54, 1.807) is 18.5 Å². The quantitative estimate of drug-likeness (QED) is 0.713. The van der Waals surface area contributed by atoms with E-state index >= 15 is 0 Å². The fourth-order valence-corrected chi connectivity index (χ4v) is 6.24. The number of rotatable bonds is 4. The molecule has 0 saturated heterocycles. The molecular weight excluding hydrogens is 408 g/mol. The van der Waals surface area contributed by atoms with E-state index in [9.17, 15) is 13.2 Å². The van der Waals surface area contributed by atoms with E-state index in [-0.39, 0.29) is 10.4 Å². The summed E-state index contributed by atoms with van der Waals surface area (Å²) in [6.07, 6.45) is 6.68. The Morgan fingerprint density at radius 2 is 1.79 bits per heavy atom. The van der Waals surface area contributed by atoms with Gasteiger partial charge in [0.1, 0.15) is 4.90 Å². The number of nitrogens with one attached hydrogen (secondary N) is 2. The summed E-state index contributed by atoms with van der Waals surface area (Å²) in [4.78, 5) is 16.7. The van der Waals surface area contributed by atoms with Crippen molar-refractivity contribution in [1.29, 1.82) is 0 Å². The van der Waals surface area contributed by atoms with Crippen LogP contribution in [0.3, 0.4) is 0 Å². The van der Waals surface area contributed by atoms with Crippen molar-refractivity contribution in [3.63, 3.8) is 0 Å². The maximum absolute atomic E-state index is 12.9. The highest BCUT2D eigenvalue weighted by atomic mass is 32.2. The molecule has 0 atom stereocenters. The summed E-state index contributed by atoms with van der Waals surface area (Å²) >= 11 is 1.46. The summed E-state index contributed by atoms with van der Waals surface area (Å²) in [5, 5.41) is 4.38. The number of amides is 1. The van der Waals surface area contributed by atoms with E-state index in [2.05, 4.69) is 15.4 Å². The fraction of sp³-hybridized carbons (Fsp3) is 0.600. The predicted molar refractivity (Wildman–Crippen MR) is 115 cm³/mol. The highest BCUT2D eigenvalue weighted by Crippen LogP contribution is 2.29. The lowest BCUT2D eigenvalue weighted by Gasteiger charge is -2.21. The van der Waals surface area contributed by atoms with Crippen LogP contribution in [0.5, 0.6) is 0 Å². The van der Waals surface area contributed by atoms with Gasteiger partial charge in [-0.1, -0.05) is 12.8 Å². The van der Waals surface area contributed by atoms with Crippen LogP contribution in [0.4, 0.5) is 0 Å². The molecule has 0 bridgehead atoms. The second kappa shape index (κ2) is 8.20. The van der Waals surface area contributed by atoms with Gasteiger partial charge in [-0.3, -0.25) is 14.9 Å². The molecular formula is C20H30N4O3S2. The van der Waals surface area contributed by atoms with Crippen molar-refractivity contribution >= 4 is 27.3 Å². The molecule has 2 aromatic rings. The van der Waals surface area contributed by atoms with Gasteiger partial charge < -0.3 is 0 Å². The first-order chi connectivity index (χ1) is 13.5. The molecule has 0 aliphatic heterocycles. The summed E-state index contributed by atoms with van der Waals surface area (Å²) in [7, 11) is -3.94. The molecule has 0 fully saturated rings. The van der Waals surface area contributed by atoms with Gasteiger partial charge in [0.15, 0.2) is 0 Å². The number of thiophene rings is 1. The average Bonchev–Trinajstić information content (AvgIpc) is 3.13. The number of carbonyl (C=O) groups is 1. The zero-order chi connectivity index (χ0) is 21.4. The number of sulfonamides is 1. The number of hydrogen-bond donors (Lipinski definition) is 2. The van der Waals surface area contributed by atoms with Crippen LogP contribution in [0.2, 0.25) is 0 Å². The van der Waals surface area contributed by atoms with Crippen molar-refractivity contribution < 1.29 is 13.2 Å². The van der Waals surface area contributed by atoms with Gasteiger partial charge >= 0.3 is 0 Å². The SMILES string of the molecule is Cc1nn(C(C)(C)C)c(C)c1S(=O)(=O)NNC(=O)c1cc2c(s1)CCCCCC2. The Kier molecular flexibility index (Phi) is 6.21. The Labute approximate surface area is 176 Å². The first kappa shape index (κ1) is 22.0. The Bertz CT molecular complexity index is 988. The van der Waals surface area contributed by atoms with Crippen molar-refractivity contribution in [2.24, 2.45) is 0 Å². The number of hydrogen-bond acceptors (Lipinski definition) is 5. The molecule has 0 spiro atoms. The molecule has 160 valence electrons. The maximum atomic E-state index is 12.9. The van der Waals surface area contributed by atoms with Gasteiger partial charge in [-0.2, -0.15) is 5.10 Å². The van der Waals surface area contributed by atoms with Crippen molar-refractivity contribution in [1.82, 2.24) is 20.0 Å². The molecule has 3 rings (SSSR count). The number of fused-ring (bicyclic) bond motifs is 1. The summed E-state index contributed by atoms with van der Waals surface area (Å²) in [6, 6.07) is 1.91. The number of carbonyl (C=O) groups excluding carboxylic acids is 1. The summed E-state index contributed by atoms with van der Waals surface area (Å²) < 4.78 is 27.4. The number of aryl methyl sites for hydroxylation is 3. The molecule has 29 heavy (non-hydrogen) atoms. The van der Waals surface area contributed by atoms with E-state index in [0.717, 1.165) is 25.7 Å². The van der Waals surface area contributed by atoms with Gasteiger partial charge in [0.25, 0.3) is 15.9 Å². The van der Waals surface area contributed by atoms with Crippen LogP contribution in [-0.2, 0) is 28.4 Å².